The number of fused-ring (bicyclic) bond motifs is 1. The number of para-hydroxylation sites is 1. The zero-order valence-corrected chi connectivity index (χ0v) is 15.0. The largest absolute Gasteiger partial charge is 0.506 e. The van der Waals surface area contributed by atoms with Gasteiger partial charge in [0.2, 0.25) is 0 Å². The number of carboxylic acids is 3. The van der Waals surface area contributed by atoms with Crippen molar-refractivity contribution < 1.29 is 34.8 Å². The molecule has 2 rings (SSSR count). The summed E-state index contributed by atoms with van der Waals surface area (Å²) in [5.74, 6) is -3.34. The molecule has 0 aliphatic carbocycles. The number of pyridine rings is 1. The van der Waals surface area contributed by atoms with Crippen molar-refractivity contribution in [2.24, 2.45) is 0 Å². The molecule has 0 fully saturated rings. The maximum atomic E-state index is 11.2. The fourth-order valence-electron chi connectivity index (χ4n) is 2.82. The molecule has 28 heavy (non-hydrogen) atoms. The normalized spacial score (nSPS) is 11.2. The summed E-state index contributed by atoms with van der Waals surface area (Å²) in [5, 5.41) is 37.4. The summed E-state index contributed by atoms with van der Waals surface area (Å²) in [6.45, 7) is -0.752. The van der Waals surface area contributed by atoms with E-state index in [2.05, 4.69) is 4.98 Å². The molecule has 2 aromatic rings. The molecule has 10 heteroatoms. The van der Waals surface area contributed by atoms with Gasteiger partial charge in [-0.05, 0) is 17.7 Å². The second-order valence-electron chi connectivity index (χ2n) is 6.29. The Hall–Kier alpha value is -3.24. The molecule has 1 aromatic heterocycles. The number of aliphatic carboxylic acids is 3. The summed E-state index contributed by atoms with van der Waals surface area (Å²) in [6.07, 6.45) is 1.53. The average Bonchev–Trinajstić information content (AvgIpc) is 2.58. The quantitative estimate of drug-likeness (QED) is 0.421. The number of hydrogen-bond acceptors (Lipinski definition) is 7. The molecule has 0 radical (unpaired) electrons. The molecule has 0 atom stereocenters. The third kappa shape index (κ3) is 6.49. The number of aromatic hydroxyl groups is 1. The average molecular weight is 391 g/mol. The van der Waals surface area contributed by atoms with Crippen molar-refractivity contribution in [1.29, 1.82) is 0 Å². The van der Waals surface area contributed by atoms with Crippen LogP contribution >= 0.6 is 0 Å². The molecule has 1 aromatic carbocycles. The van der Waals surface area contributed by atoms with Crippen LogP contribution in [0, 0.1) is 0 Å². The maximum Gasteiger partial charge on any atom is 0.317 e. The maximum absolute atomic E-state index is 11.2. The molecule has 0 amide bonds. The first-order chi connectivity index (χ1) is 13.2. The number of carboxylic acid groups (broad SMARTS) is 3. The van der Waals surface area contributed by atoms with Crippen molar-refractivity contribution in [3.05, 3.63) is 36.0 Å². The first-order valence-electron chi connectivity index (χ1n) is 8.41. The standard InChI is InChI=1S/C18H21N3O7/c22-14-3-1-2-13-6-12(7-19-18(13)14)8-20(9-15(23)24)4-5-21(10-16(25)26)11-17(27)28/h1-3,6-7,22H,4-5,8-11H2,(H,23,24)(H,25,26)(H,27,28). The van der Waals surface area contributed by atoms with E-state index in [1.165, 1.54) is 17.2 Å². The molecule has 4 N–H and O–H groups in total. The van der Waals surface area contributed by atoms with E-state index in [4.69, 9.17) is 15.3 Å². The van der Waals surface area contributed by atoms with Crippen LogP contribution < -0.4 is 0 Å². The molecule has 0 spiro atoms. The summed E-state index contributed by atoms with van der Waals surface area (Å²) in [4.78, 5) is 39.9. The van der Waals surface area contributed by atoms with Crippen molar-refractivity contribution >= 4 is 28.8 Å². The van der Waals surface area contributed by atoms with Crippen molar-refractivity contribution in [2.75, 3.05) is 32.7 Å². The fourth-order valence-corrected chi connectivity index (χ4v) is 2.82. The van der Waals surface area contributed by atoms with E-state index in [9.17, 15) is 19.5 Å². The smallest absolute Gasteiger partial charge is 0.317 e. The predicted octanol–water partition coefficient (Wildman–Crippen LogP) is 0.298. The topological polar surface area (TPSA) is 152 Å². The van der Waals surface area contributed by atoms with Crippen molar-refractivity contribution in [3.8, 4) is 5.75 Å². The summed E-state index contributed by atoms with van der Waals surface area (Å²) < 4.78 is 0. The van der Waals surface area contributed by atoms with Gasteiger partial charge in [-0.2, -0.15) is 0 Å². The number of rotatable bonds is 11. The highest BCUT2D eigenvalue weighted by molar-refractivity contribution is 5.84. The Kier molecular flexibility index (Phi) is 7.24. The van der Waals surface area contributed by atoms with Crippen molar-refractivity contribution in [3.63, 3.8) is 0 Å². The first-order valence-corrected chi connectivity index (χ1v) is 8.41. The third-order valence-corrected chi connectivity index (χ3v) is 3.96. The lowest BCUT2D eigenvalue weighted by Gasteiger charge is -2.24. The highest BCUT2D eigenvalue weighted by Crippen LogP contribution is 2.23. The van der Waals surface area contributed by atoms with E-state index < -0.39 is 31.0 Å². The van der Waals surface area contributed by atoms with Crippen LogP contribution in [-0.2, 0) is 20.9 Å². The lowest BCUT2D eigenvalue weighted by molar-refractivity contribution is -0.143. The Morgan fingerprint density at radius 3 is 2.07 bits per heavy atom. The third-order valence-electron chi connectivity index (χ3n) is 3.96. The van der Waals surface area contributed by atoms with Crippen LogP contribution in [0.2, 0.25) is 0 Å². The minimum absolute atomic E-state index is 0.0458. The van der Waals surface area contributed by atoms with Gasteiger partial charge in [0.15, 0.2) is 0 Å². The molecule has 1 heterocycles. The van der Waals surface area contributed by atoms with E-state index in [1.807, 2.05) is 0 Å². The van der Waals surface area contributed by atoms with Crippen LogP contribution in [0.15, 0.2) is 30.5 Å². The van der Waals surface area contributed by atoms with Crippen molar-refractivity contribution in [2.45, 2.75) is 6.54 Å². The first kappa shape index (κ1) is 21.1. The van der Waals surface area contributed by atoms with Crippen LogP contribution in [0.25, 0.3) is 10.9 Å². The van der Waals surface area contributed by atoms with Gasteiger partial charge in [-0.15, -0.1) is 0 Å². The molecule has 0 bridgehead atoms. The van der Waals surface area contributed by atoms with Crippen LogP contribution in [0.5, 0.6) is 5.75 Å². The molecule has 0 aliphatic heterocycles. The van der Waals surface area contributed by atoms with Crippen LogP contribution in [0.4, 0.5) is 0 Å². The Labute approximate surface area is 160 Å². The predicted molar refractivity (Wildman–Crippen MR) is 98.0 cm³/mol. The summed E-state index contributed by atoms with van der Waals surface area (Å²) in [5.41, 5.74) is 1.15. The van der Waals surface area contributed by atoms with Crippen LogP contribution in [0.1, 0.15) is 5.56 Å². The second-order valence-corrected chi connectivity index (χ2v) is 6.29. The second kappa shape index (κ2) is 9.62. The van der Waals surface area contributed by atoms with Gasteiger partial charge >= 0.3 is 17.9 Å². The van der Waals surface area contributed by atoms with E-state index in [0.717, 1.165) is 0 Å². The summed E-state index contributed by atoms with van der Waals surface area (Å²) in [6, 6.07) is 6.75. The minimum Gasteiger partial charge on any atom is -0.506 e. The van der Waals surface area contributed by atoms with Gasteiger partial charge in [-0.3, -0.25) is 29.2 Å². The number of carbonyl (C=O) groups is 3. The zero-order valence-electron chi connectivity index (χ0n) is 15.0. The number of phenolic OH excluding ortho intramolecular Hbond substituents is 1. The van der Waals surface area contributed by atoms with E-state index in [-0.39, 0.29) is 31.9 Å². The number of phenols is 1. The SMILES string of the molecule is O=C(O)CN(CCN(CC(=O)O)Cc1cnc2c(O)cccc2c1)CC(=O)O. The lowest BCUT2D eigenvalue weighted by Crippen LogP contribution is -2.41. The van der Waals surface area contributed by atoms with Gasteiger partial charge in [0.25, 0.3) is 0 Å². The van der Waals surface area contributed by atoms with Gasteiger partial charge < -0.3 is 20.4 Å². The van der Waals surface area contributed by atoms with E-state index in [0.29, 0.717) is 16.5 Å². The van der Waals surface area contributed by atoms with Crippen LogP contribution in [-0.4, -0.2) is 85.8 Å². The number of benzene rings is 1. The number of nitrogens with zero attached hydrogens (tertiary/aromatic N) is 3. The molecule has 0 unspecified atom stereocenters. The Balaban J connectivity index is 2.11. The van der Waals surface area contributed by atoms with Crippen LogP contribution in [0.3, 0.4) is 0 Å². The monoisotopic (exact) mass is 391 g/mol. The summed E-state index contributed by atoms with van der Waals surface area (Å²) in [7, 11) is 0. The zero-order chi connectivity index (χ0) is 20.7. The highest BCUT2D eigenvalue weighted by atomic mass is 16.4. The lowest BCUT2D eigenvalue weighted by atomic mass is 10.1. The van der Waals surface area contributed by atoms with Crippen molar-refractivity contribution in [1.82, 2.24) is 14.8 Å². The fraction of sp³-hybridized carbons (Fsp3) is 0.333. The molecule has 0 saturated carbocycles. The number of aromatic nitrogens is 1. The molecule has 10 nitrogen and oxygen atoms in total. The molecule has 0 saturated heterocycles. The minimum atomic E-state index is -1.16. The van der Waals surface area contributed by atoms with Gasteiger partial charge in [-0.1, -0.05) is 12.1 Å². The number of hydrogen-bond donors (Lipinski definition) is 4. The highest BCUT2D eigenvalue weighted by Gasteiger charge is 2.17. The van der Waals surface area contributed by atoms with Gasteiger partial charge in [0.1, 0.15) is 11.3 Å². The van der Waals surface area contributed by atoms with E-state index in [1.54, 1.807) is 23.1 Å². The molecule has 0 aliphatic rings. The molecular weight excluding hydrogens is 370 g/mol. The van der Waals surface area contributed by atoms with E-state index >= 15 is 0 Å². The molecule has 150 valence electrons. The molecular formula is C18H21N3O7. The Morgan fingerprint density at radius 1 is 0.893 bits per heavy atom. The van der Waals surface area contributed by atoms with Gasteiger partial charge in [0, 0.05) is 31.2 Å². The Bertz CT molecular complexity index is 855. The van der Waals surface area contributed by atoms with Gasteiger partial charge in [0.05, 0.1) is 19.6 Å². The van der Waals surface area contributed by atoms with Gasteiger partial charge in [-0.25, -0.2) is 0 Å². The Morgan fingerprint density at radius 2 is 1.46 bits per heavy atom. The summed E-state index contributed by atoms with van der Waals surface area (Å²) >= 11 is 0.